The van der Waals surface area contributed by atoms with Crippen LogP contribution in [0.2, 0.25) is 0 Å². The van der Waals surface area contributed by atoms with E-state index in [0.29, 0.717) is 89.8 Å². The van der Waals surface area contributed by atoms with Gasteiger partial charge in [0.2, 0.25) is 23.4 Å². The molecule has 6 bridgehead atoms. The average molecular weight is 1830 g/mol. The molecule has 3 aromatic carbocycles. The number of carbonyl (C=O) groups is 11. The number of aliphatic carboxylic acids is 1. The molecule has 9 aliphatic heterocycles. The first kappa shape index (κ1) is 95.5. The molecule has 9 heterocycles. The SMILES string of the molecule is CC1(C)OC(=O)[C@H](CC(=O)ON2C(=O)CCC2=O)O1.C[C@H](N)C(=O)OC1=CC[C@@]2(O)[C@H]3Cc4ccc(CO)c5c4[C@@]2(CCN3C)[C@H]1O5.C[C@H](NC(=O)C[C@@H]1OC(C)(C)OC1=O)C(=O)OC1=CC[C@@]2(O)[C@H]3Cc4ccc(CO)c5c4[C@@]2(CCN3C)[C@H]1O5.C[C@H](NC(=O)C[C@H](O)C(=O)O)C(=O)OC1=CC[C@@]2(O)[C@H]3Cc4ccc(CO)c5c4[C@@]2(CCN3C)[C@H]1O5.Cl.N=NN=NCl. The highest BCUT2D eigenvalue weighted by atomic mass is 35.5. The number of benzene rings is 3. The van der Waals surface area contributed by atoms with E-state index in [1.807, 2.05) is 57.5 Å². The van der Waals surface area contributed by atoms with Crippen LogP contribution in [-0.4, -0.2) is 268 Å². The summed E-state index contributed by atoms with van der Waals surface area (Å²) in [5.41, 5.74) is 13.8. The molecule has 41 nitrogen and oxygen atoms in total. The number of carboxylic acid groups (broad SMARTS) is 1. The van der Waals surface area contributed by atoms with Gasteiger partial charge in [0.15, 0.2) is 36.6 Å². The van der Waals surface area contributed by atoms with Gasteiger partial charge < -0.3 is 124 Å². The Hall–Kier alpha value is -10.1. The average Bonchev–Trinajstić information content (AvgIpc) is 1.48. The number of halogens is 2. The second-order valence-electron chi connectivity index (χ2n) is 35.5. The van der Waals surface area contributed by atoms with Crippen molar-refractivity contribution in [2.75, 3.05) is 40.8 Å². The van der Waals surface area contributed by atoms with Gasteiger partial charge in [-0.3, -0.25) is 19.2 Å². The number of imide groups is 1. The number of nitrogens with zero attached hydrogens (tertiary/aromatic N) is 7. The van der Waals surface area contributed by atoms with Crippen molar-refractivity contribution in [3.8, 4) is 17.2 Å². The summed E-state index contributed by atoms with van der Waals surface area (Å²) < 4.78 is 59.6. The molecular formula is C85H105Cl2N11O30. The lowest BCUT2D eigenvalue weighted by Crippen LogP contribution is -2.74. The summed E-state index contributed by atoms with van der Waals surface area (Å²) in [5.74, 6) is -7.84. The van der Waals surface area contributed by atoms with Gasteiger partial charge in [-0.05, 0) is 145 Å². The van der Waals surface area contributed by atoms with Gasteiger partial charge in [-0.1, -0.05) is 41.0 Å². The Balaban J connectivity index is 0.000000147. The fourth-order valence-electron chi connectivity index (χ4n) is 21.3. The monoisotopic (exact) mass is 1830 g/mol. The molecule has 6 saturated heterocycles. The Morgan fingerprint density at radius 2 is 0.922 bits per heavy atom. The molecule has 4 amide bonds. The molecule has 3 spiro atoms. The Morgan fingerprint density at radius 3 is 1.23 bits per heavy atom. The molecule has 3 aromatic rings. The van der Waals surface area contributed by atoms with E-state index >= 15 is 0 Å². The summed E-state index contributed by atoms with van der Waals surface area (Å²) >= 11 is 4.55. The van der Waals surface area contributed by atoms with Gasteiger partial charge in [-0.25, -0.2) is 33.6 Å². The maximum absolute atomic E-state index is 13.1. The molecule has 13 N–H and O–H groups in total. The Labute approximate surface area is 744 Å². The van der Waals surface area contributed by atoms with Gasteiger partial charge in [-0.15, -0.1) is 17.5 Å². The van der Waals surface area contributed by atoms with Crippen molar-refractivity contribution in [1.82, 2.24) is 30.4 Å². The Bertz CT molecular complexity index is 5150. The number of carbonyl (C=O) groups excluding carboxylic acids is 10. The maximum atomic E-state index is 13.1. The molecule has 43 heteroatoms. The second-order valence-corrected chi connectivity index (χ2v) is 35.6. The van der Waals surface area contributed by atoms with E-state index in [0.717, 1.165) is 52.9 Å². The number of aliphatic hydroxyl groups is 7. The van der Waals surface area contributed by atoms with Gasteiger partial charge >= 0.3 is 41.8 Å². The van der Waals surface area contributed by atoms with Gasteiger partial charge in [0.05, 0.1) is 83.9 Å². The number of hydroxylamine groups is 2. The second kappa shape index (κ2) is 36.0. The largest absolute Gasteiger partial charge is 0.481 e. The van der Waals surface area contributed by atoms with Crippen molar-refractivity contribution < 1.29 is 146 Å². The predicted octanol–water partition coefficient (Wildman–Crippen LogP) is 1.88. The lowest BCUT2D eigenvalue weighted by atomic mass is 9.50. The molecule has 694 valence electrons. The van der Waals surface area contributed by atoms with Gasteiger partial charge in [0.1, 0.15) is 52.7 Å². The highest BCUT2D eigenvalue weighted by Gasteiger charge is 2.75. The van der Waals surface area contributed by atoms with Crippen LogP contribution >= 0.6 is 24.2 Å². The number of ether oxygens (including phenoxy) is 10. The number of rotatable bonds is 20. The molecule has 128 heavy (non-hydrogen) atoms. The van der Waals surface area contributed by atoms with Crippen LogP contribution in [0.4, 0.5) is 0 Å². The summed E-state index contributed by atoms with van der Waals surface area (Å²) in [6, 6.07) is 8.31. The van der Waals surface area contributed by atoms with Gasteiger partial charge in [0.25, 0.3) is 11.8 Å². The number of hydrogen-bond acceptors (Lipinski definition) is 35. The van der Waals surface area contributed by atoms with E-state index in [9.17, 15) is 88.5 Å². The normalized spacial score (nSPS) is 31.4. The zero-order valence-electron chi connectivity index (χ0n) is 71.8. The number of hydrogen-bond donors (Lipinski definition) is 12. The number of carboxylic acids is 1. The highest BCUT2D eigenvalue weighted by molar-refractivity contribution is 6.13. The number of nitrogens with two attached hydrogens (primary N) is 1. The van der Waals surface area contributed by atoms with Gasteiger partial charge in [0, 0.05) is 111 Å². The van der Waals surface area contributed by atoms with Crippen LogP contribution in [0.5, 0.6) is 17.2 Å². The number of nitrogens with one attached hydrogen (secondary N) is 3. The van der Waals surface area contributed by atoms with Crippen molar-refractivity contribution in [3.05, 3.63) is 122 Å². The van der Waals surface area contributed by atoms with E-state index in [1.54, 1.807) is 39.0 Å². The fourth-order valence-corrected chi connectivity index (χ4v) is 21.4. The standard InChI is InChI=1S/C28H34N2O9.C25H30N2O9.C21H26N2O5.C11H13NO7.ClHN4.ClH/c1-14(29-20(32)12-18-25(34)39-26(2,3)38-18)24(33)36-17-7-8-28(35)19-11-15-5-6-16(13-31)22-21(15)27(28,23(17)37-22)9-10-30(19)4;1-12(26-18(30)10-15(29)22(31)32)23(33)35-16-5-6-25(34)17-9-13-3-4-14(11-28)20-19(13)24(25,21(16)36-20)7-8-27(17)2;1-11(22)19(25)27-14-5-6-21(26)15-9-12-3-4-13(10-24)17-16(12)20(21,18(14)28-17)7-8-23(15)2;1-11(2)17-6(10(16)18-11)5-9(15)19-12-7(13)3-4-8(12)14;1-3-5-4-2;/h5-7,14,18-19,23,31,35H,8-13H2,1-4H3,(H,29,32);3-5,12,15,17,21,28-29,34H,6-11H2,1-2H3,(H,26,30)(H,31,32);3-5,11,15,18,24,26H,6-10,22H2,1-2H3;6H,3-5H2,1-2H3;2H;1H/t14-,18-,19+,23-,27-,28+;12-,15-,17+,21-,24-,25+;11-,15+,18-,20-,21+;6-;;/m0000../s1. The van der Waals surface area contributed by atoms with E-state index in [1.165, 1.54) is 27.7 Å². The van der Waals surface area contributed by atoms with Crippen LogP contribution in [0.1, 0.15) is 169 Å². The molecule has 6 fully saturated rings. The zero-order valence-corrected chi connectivity index (χ0v) is 73.4. The lowest BCUT2D eigenvalue weighted by Gasteiger charge is -2.61. The van der Waals surface area contributed by atoms with Crippen LogP contribution in [0, 0.1) is 5.53 Å². The molecule has 18 rings (SSSR count). The minimum Gasteiger partial charge on any atom is -0.481 e. The van der Waals surface area contributed by atoms with Crippen LogP contribution in [0.15, 0.2) is 87.0 Å². The molecule has 0 saturated carbocycles. The van der Waals surface area contributed by atoms with Crippen LogP contribution in [0.25, 0.3) is 0 Å². The topological polar surface area (TPSA) is 575 Å². The van der Waals surface area contributed by atoms with E-state index in [-0.39, 0.29) is 94.0 Å². The lowest BCUT2D eigenvalue weighted by molar-refractivity contribution is -0.200. The minimum atomic E-state index is -1.88. The summed E-state index contributed by atoms with van der Waals surface area (Å²) in [5, 5.41) is 94.8. The molecule has 0 unspecified atom stereocenters. The Kier molecular flexibility index (Phi) is 26.8. The van der Waals surface area contributed by atoms with Crippen molar-refractivity contribution in [3.63, 3.8) is 0 Å². The minimum absolute atomic E-state index is 0. The summed E-state index contributed by atoms with van der Waals surface area (Å²) in [4.78, 5) is 142. The summed E-state index contributed by atoms with van der Waals surface area (Å²) in [6.45, 7) is 12.3. The number of amides is 4. The number of esters is 5. The first-order valence-electron chi connectivity index (χ1n) is 41.8. The Morgan fingerprint density at radius 1 is 0.570 bits per heavy atom. The van der Waals surface area contributed by atoms with Crippen LogP contribution < -0.4 is 30.6 Å². The van der Waals surface area contributed by atoms with E-state index in [4.69, 9.17) is 63.7 Å². The molecule has 18 atom stereocenters. The molecule has 15 aliphatic rings. The zero-order chi connectivity index (χ0) is 92.1. The van der Waals surface area contributed by atoms with Crippen molar-refractivity contribution >= 4 is 89.6 Å². The van der Waals surface area contributed by atoms with Crippen molar-refractivity contribution in [2.24, 2.45) is 20.8 Å². The third-order valence-corrected chi connectivity index (χ3v) is 27.2. The van der Waals surface area contributed by atoms with Crippen LogP contribution in [-0.2, 0) is 146 Å². The summed E-state index contributed by atoms with van der Waals surface area (Å²) in [6.07, 6.45) is 2.32. The van der Waals surface area contributed by atoms with E-state index < -0.39 is 178 Å². The van der Waals surface area contributed by atoms with Gasteiger partial charge in [-0.2, -0.15) is 5.53 Å². The first-order chi connectivity index (χ1) is 60.0. The van der Waals surface area contributed by atoms with Crippen LogP contribution in [0.3, 0.4) is 0 Å². The molecule has 0 aromatic heterocycles. The maximum Gasteiger partial charge on any atom is 0.338 e. The summed E-state index contributed by atoms with van der Waals surface area (Å²) in [7, 11) is 6.04. The third kappa shape index (κ3) is 16.2. The smallest absolute Gasteiger partial charge is 0.338 e. The highest BCUT2D eigenvalue weighted by Crippen LogP contribution is 2.68. The molecule has 0 radical (unpaired) electrons. The quantitative estimate of drug-likeness (QED) is 0.0253. The predicted molar refractivity (Wildman–Crippen MR) is 438 cm³/mol. The first-order valence-corrected chi connectivity index (χ1v) is 42.1. The number of aliphatic hydroxyl groups excluding tert-OH is 4. The third-order valence-electron chi connectivity index (χ3n) is 27.1. The van der Waals surface area contributed by atoms with Crippen molar-refractivity contribution in [1.29, 1.82) is 5.53 Å². The van der Waals surface area contributed by atoms with Crippen molar-refractivity contribution in [2.45, 2.75) is 276 Å². The number of likely N-dealkylation sites (tertiary alicyclic amines) is 3. The molecular weight excluding hydrogens is 1730 g/mol. The fraction of sp³-hybridized carbons (Fsp3) is 0.588. The van der Waals surface area contributed by atoms with E-state index in [2.05, 4.69) is 57.0 Å². The molecule has 6 aliphatic carbocycles. The number of cyclic esters (lactones) is 2. The number of likely N-dealkylation sites (N-methyl/N-ethyl adjacent to an activating group) is 3. The number of piperidine rings is 3.